The van der Waals surface area contributed by atoms with Gasteiger partial charge in [-0.25, -0.2) is 0 Å². The number of carbonyl (C=O) groups is 1. The molecule has 0 unspecified atom stereocenters. The molecular formula is C12H15NO2. The molecule has 15 heavy (non-hydrogen) atoms. The minimum absolute atomic E-state index is 0.0188. The molecule has 0 saturated carbocycles. The molecule has 0 aliphatic heterocycles. The maximum Gasteiger partial charge on any atom is 0.250 e. The Kier molecular flexibility index (Phi) is 2.71. The average molecular weight is 205 g/mol. The highest BCUT2D eigenvalue weighted by Gasteiger charge is 2.19. The molecule has 3 heteroatoms. The highest BCUT2D eigenvalue weighted by molar-refractivity contribution is 5.97. The number of fused-ring (bicyclic) bond motifs is 1. The minimum atomic E-state index is 0.0188. The van der Waals surface area contributed by atoms with E-state index >= 15 is 0 Å². The molecule has 0 aromatic carbocycles. The summed E-state index contributed by atoms with van der Waals surface area (Å²) >= 11 is 0. The molecule has 80 valence electrons. The zero-order chi connectivity index (χ0) is 10.8. The molecular weight excluding hydrogens is 190 g/mol. The number of ketones is 1. The van der Waals surface area contributed by atoms with E-state index in [0.717, 1.165) is 37.1 Å². The van der Waals surface area contributed by atoms with Gasteiger partial charge in [0.15, 0.2) is 5.78 Å². The van der Waals surface area contributed by atoms with Crippen LogP contribution in [0.3, 0.4) is 0 Å². The molecule has 0 amide bonds. The van der Waals surface area contributed by atoms with Crippen LogP contribution >= 0.6 is 0 Å². The Morgan fingerprint density at radius 3 is 2.80 bits per heavy atom. The normalized spacial score (nSPS) is 15.1. The van der Waals surface area contributed by atoms with Crippen LogP contribution in [-0.2, 0) is 13.0 Å². The molecule has 0 bridgehead atoms. The summed E-state index contributed by atoms with van der Waals surface area (Å²) in [5, 5.41) is 0. The first-order chi connectivity index (χ1) is 7.24. The Bertz CT molecular complexity index is 445. The van der Waals surface area contributed by atoms with E-state index in [0.29, 0.717) is 6.42 Å². The van der Waals surface area contributed by atoms with Crippen molar-refractivity contribution in [1.29, 1.82) is 0 Å². The molecule has 1 aromatic heterocycles. The van der Waals surface area contributed by atoms with Crippen LogP contribution in [0.5, 0.6) is 0 Å². The molecule has 3 nitrogen and oxygen atoms in total. The second-order valence-corrected chi connectivity index (χ2v) is 3.96. The number of hydrogen-bond acceptors (Lipinski definition) is 2. The third-order valence-electron chi connectivity index (χ3n) is 2.86. The lowest BCUT2D eigenvalue weighted by Crippen LogP contribution is -2.27. The smallest absolute Gasteiger partial charge is 0.250 e. The van der Waals surface area contributed by atoms with Crippen molar-refractivity contribution in [2.45, 2.75) is 39.2 Å². The van der Waals surface area contributed by atoms with Gasteiger partial charge in [0.1, 0.15) is 0 Å². The van der Waals surface area contributed by atoms with E-state index in [2.05, 4.69) is 0 Å². The van der Waals surface area contributed by atoms with Crippen LogP contribution in [0.25, 0.3) is 0 Å². The van der Waals surface area contributed by atoms with Gasteiger partial charge in [-0.15, -0.1) is 0 Å². The Morgan fingerprint density at radius 1 is 1.27 bits per heavy atom. The number of hydrogen-bond donors (Lipinski definition) is 0. The highest BCUT2D eigenvalue weighted by Crippen LogP contribution is 2.19. The van der Waals surface area contributed by atoms with Crippen molar-refractivity contribution in [3.63, 3.8) is 0 Å². The van der Waals surface area contributed by atoms with Gasteiger partial charge in [0.2, 0.25) is 0 Å². The molecule has 0 saturated heterocycles. The number of pyridine rings is 1. The summed E-state index contributed by atoms with van der Waals surface area (Å²) in [6.07, 6.45) is 3.28. The molecule has 1 heterocycles. The molecule has 2 rings (SSSR count). The predicted octanol–water partition coefficient (Wildman–Crippen LogP) is 1.78. The zero-order valence-corrected chi connectivity index (χ0v) is 8.95. The van der Waals surface area contributed by atoms with E-state index in [1.54, 1.807) is 10.6 Å². The van der Waals surface area contributed by atoms with Crippen LogP contribution in [0.4, 0.5) is 0 Å². The average Bonchev–Trinajstić information content (AvgIpc) is 2.23. The van der Waals surface area contributed by atoms with E-state index in [1.807, 2.05) is 6.92 Å². The van der Waals surface area contributed by atoms with Gasteiger partial charge in [-0.2, -0.15) is 0 Å². The lowest BCUT2D eigenvalue weighted by molar-refractivity contribution is 0.0970. The van der Waals surface area contributed by atoms with Crippen LogP contribution < -0.4 is 5.56 Å². The van der Waals surface area contributed by atoms with Gasteiger partial charge in [0, 0.05) is 30.3 Å². The van der Waals surface area contributed by atoms with E-state index < -0.39 is 0 Å². The summed E-state index contributed by atoms with van der Waals surface area (Å²) in [5.74, 6) is 0.182. The SMILES string of the molecule is CCCn1c2c(ccc1=O)C(=O)CCC2. The molecule has 0 radical (unpaired) electrons. The van der Waals surface area contributed by atoms with Crippen LogP contribution in [0, 0.1) is 0 Å². The van der Waals surface area contributed by atoms with Crippen LogP contribution in [0.15, 0.2) is 16.9 Å². The van der Waals surface area contributed by atoms with Crippen LogP contribution in [0.2, 0.25) is 0 Å². The summed E-state index contributed by atoms with van der Waals surface area (Å²) in [4.78, 5) is 23.3. The summed E-state index contributed by atoms with van der Waals surface area (Å²) in [7, 11) is 0. The predicted molar refractivity (Wildman–Crippen MR) is 58.3 cm³/mol. The Hall–Kier alpha value is -1.38. The number of rotatable bonds is 2. The lowest BCUT2D eigenvalue weighted by Gasteiger charge is -2.19. The molecule has 1 aromatic rings. The van der Waals surface area contributed by atoms with Gasteiger partial charge in [-0.05, 0) is 25.3 Å². The largest absolute Gasteiger partial charge is 0.312 e. The van der Waals surface area contributed by atoms with Gasteiger partial charge in [0.05, 0.1) is 0 Å². The van der Waals surface area contributed by atoms with Gasteiger partial charge in [-0.1, -0.05) is 6.92 Å². The second-order valence-electron chi connectivity index (χ2n) is 3.96. The third kappa shape index (κ3) is 1.74. The standard InChI is InChI=1S/C12H15NO2/c1-2-8-13-10-4-3-5-11(14)9(10)6-7-12(13)15/h6-7H,2-5,8H2,1H3. The second kappa shape index (κ2) is 4.01. The summed E-state index contributed by atoms with van der Waals surface area (Å²) in [6, 6.07) is 3.20. The van der Waals surface area contributed by atoms with Crippen molar-refractivity contribution in [3.05, 3.63) is 33.7 Å². The summed E-state index contributed by atoms with van der Waals surface area (Å²) in [6.45, 7) is 2.76. The Labute approximate surface area is 88.7 Å². The van der Waals surface area contributed by atoms with Crippen LogP contribution in [0.1, 0.15) is 42.2 Å². The fourth-order valence-electron chi connectivity index (χ4n) is 2.16. The summed E-state index contributed by atoms with van der Waals surface area (Å²) in [5.41, 5.74) is 1.72. The third-order valence-corrected chi connectivity index (χ3v) is 2.86. The van der Waals surface area contributed by atoms with E-state index in [9.17, 15) is 9.59 Å². The Balaban J connectivity index is 2.58. The topological polar surface area (TPSA) is 39.1 Å². The molecule has 0 fully saturated rings. The number of carbonyl (C=O) groups excluding carboxylic acids is 1. The van der Waals surface area contributed by atoms with Crippen molar-refractivity contribution < 1.29 is 4.79 Å². The fourth-order valence-corrected chi connectivity index (χ4v) is 2.16. The van der Waals surface area contributed by atoms with Crippen molar-refractivity contribution in [1.82, 2.24) is 4.57 Å². The van der Waals surface area contributed by atoms with Gasteiger partial charge >= 0.3 is 0 Å². The van der Waals surface area contributed by atoms with Crippen molar-refractivity contribution in [2.75, 3.05) is 0 Å². The van der Waals surface area contributed by atoms with E-state index in [4.69, 9.17) is 0 Å². The first-order valence-electron chi connectivity index (χ1n) is 5.50. The molecule has 1 aliphatic rings. The maximum atomic E-state index is 11.6. The number of nitrogens with zero attached hydrogens (tertiary/aromatic N) is 1. The molecule has 0 N–H and O–H groups in total. The lowest BCUT2D eigenvalue weighted by atomic mass is 9.94. The maximum absolute atomic E-state index is 11.6. The van der Waals surface area contributed by atoms with Crippen molar-refractivity contribution in [2.24, 2.45) is 0 Å². The summed E-state index contributed by atoms with van der Waals surface area (Å²) < 4.78 is 1.76. The van der Waals surface area contributed by atoms with E-state index in [1.165, 1.54) is 6.07 Å². The highest BCUT2D eigenvalue weighted by atomic mass is 16.1. The minimum Gasteiger partial charge on any atom is -0.312 e. The quantitative estimate of drug-likeness (QED) is 0.738. The molecule has 0 spiro atoms. The molecule has 1 aliphatic carbocycles. The van der Waals surface area contributed by atoms with Gasteiger partial charge < -0.3 is 4.57 Å². The van der Waals surface area contributed by atoms with Crippen molar-refractivity contribution >= 4 is 5.78 Å². The number of Topliss-reactive ketones (excluding diaryl/α,β-unsaturated/α-hetero) is 1. The monoisotopic (exact) mass is 205 g/mol. The first-order valence-corrected chi connectivity index (χ1v) is 5.50. The van der Waals surface area contributed by atoms with Gasteiger partial charge in [0.25, 0.3) is 5.56 Å². The Morgan fingerprint density at radius 2 is 2.07 bits per heavy atom. The van der Waals surface area contributed by atoms with Gasteiger partial charge in [-0.3, -0.25) is 9.59 Å². The van der Waals surface area contributed by atoms with Crippen LogP contribution in [-0.4, -0.2) is 10.4 Å². The van der Waals surface area contributed by atoms with Crippen molar-refractivity contribution in [3.8, 4) is 0 Å². The first kappa shape index (κ1) is 10.1. The molecule has 0 atom stereocenters. The van der Waals surface area contributed by atoms with E-state index in [-0.39, 0.29) is 11.3 Å². The fraction of sp³-hybridized carbons (Fsp3) is 0.500. The zero-order valence-electron chi connectivity index (χ0n) is 8.95. The number of aromatic nitrogens is 1.